The molecule has 0 saturated heterocycles. The second-order valence-electron chi connectivity index (χ2n) is 4.87. The van der Waals surface area contributed by atoms with E-state index in [4.69, 9.17) is 5.73 Å². The minimum absolute atomic E-state index is 0.129. The summed E-state index contributed by atoms with van der Waals surface area (Å²) in [6, 6.07) is 1.43. The minimum atomic E-state index is -0.445. The van der Waals surface area contributed by atoms with E-state index in [0.29, 0.717) is 11.6 Å². The fourth-order valence-corrected chi connectivity index (χ4v) is 2.03. The van der Waals surface area contributed by atoms with E-state index in [1.807, 2.05) is 26.8 Å². The van der Waals surface area contributed by atoms with Crippen LogP contribution in [-0.2, 0) is 11.2 Å². The lowest BCUT2D eigenvalue weighted by atomic mass is 9.98. The average molecular weight is 276 g/mol. The highest BCUT2D eigenvalue weighted by molar-refractivity contribution is 5.83. The molecule has 0 saturated carbocycles. The van der Waals surface area contributed by atoms with Gasteiger partial charge in [-0.25, -0.2) is 4.98 Å². The van der Waals surface area contributed by atoms with E-state index in [1.54, 1.807) is 4.52 Å². The molecule has 0 aliphatic heterocycles. The summed E-state index contributed by atoms with van der Waals surface area (Å²) in [7, 11) is 0. The third kappa shape index (κ3) is 2.71. The van der Waals surface area contributed by atoms with Crippen LogP contribution >= 0.6 is 0 Å². The predicted molar refractivity (Wildman–Crippen MR) is 76.2 cm³/mol. The number of primary amides is 1. The van der Waals surface area contributed by atoms with Crippen molar-refractivity contribution < 1.29 is 4.79 Å². The maximum Gasteiger partial charge on any atom is 0.254 e. The van der Waals surface area contributed by atoms with Crippen molar-refractivity contribution >= 4 is 17.5 Å². The molecule has 0 aliphatic rings. The van der Waals surface area contributed by atoms with Crippen LogP contribution in [0.2, 0.25) is 0 Å². The maximum atomic E-state index is 11.6. The number of fused-ring (bicyclic) bond motifs is 1. The van der Waals surface area contributed by atoms with Gasteiger partial charge in [0.1, 0.15) is 18.2 Å². The van der Waals surface area contributed by atoms with E-state index < -0.39 is 6.04 Å². The summed E-state index contributed by atoms with van der Waals surface area (Å²) in [5.41, 5.74) is 6.38. The quantitative estimate of drug-likeness (QED) is 0.820. The molecule has 2 aromatic rings. The van der Waals surface area contributed by atoms with Gasteiger partial charge >= 0.3 is 0 Å². The van der Waals surface area contributed by atoms with Crippen LogP contribution in [0.3, 0.4) is 0 Å². The van der Waals surface area contributed by atoms with Gasteiger partial charge in [-0.05, 0) is 12.3 Å². The normalized spacial score (nSPS) is 14.2. The van der Waals surface area contributed by atoms with Crippen molar-refractivity contribution in [1.29, 1.82) is 0 Å². The maximum absolute atomic E-state index is 11.6. The van der Waals surface area contributed by atoms with Crippen LogP contribution in [0.5, 0.6) is 0 Å². The van der Waals surface area contributed by atoms with Gasteiger partial charge in [0.15, 0.2) is 0 Å². The number of anilines is 1. The monoisotopic (exact) mass is 276 g/mol. The van der Waals surface area contributed by atoms with E-state index in [0.717, 1.165) is 18.5 Å². The Kier molecular flexibility index (Phi) is 4.16. The Balaban J connectivity index is 2.40. The topological polar surface area (TPSA) is 98.2 Å². The number of hydrogen-bond acceptors (Lipinski definition) is 5. The molecule has 2 atom stereocenters. The fourth-order valence-electron chi connectivity index (χ4n) is 2.03. The molecule has 2 aromatic heterocycles. The second-order valence-corrected chi connectivity index (χ2v) is 4.87. The Morgan fingerprint density at radius 2 is 2.25 bits per heavy atom. The largest absolute Gasteiger partial charge is 0.368 e. The molecular formula is C13H20N6O. The Morgan fingerprint density at radius 1 is 1.50 bits per heavy atom. The second kappa shape index (κ2) is 5.85. The van der Waals surface area contributed by atoms with Gasteiger partial charge in [-0.15, -0.1) is 0 Å². The van der Waals surface area contributed by atoms with Crippen molar-refractivity contribution in [2.45, 2.75) is 39.7 Å². The minimum Gasteiger partial charge on any atom is -0.368 e. The number of carbonyl (C=O) groups excluding carboxylic acids is 1. The number of hydrogen-bond donors (Lipinski definition) is 2. The molecule has 0 bridgehead atoms. The van der Waals surface area contributed by atoms with Crippen molar-refractivity contribution in [1.82, 2.24) is 19.6 Å². The first kappa shape index (κ1) is 14.2. The van der Waals surface area contributed by atoms with E-state index in [1.165, 1.54) is 6.33 Å². The summed E-state index contributed by atoms with van der Waals surface area (Å²) >= 11 is 0. The van der Waals surface area contributed by atoms with Crippen LogP contribution in [0.25, 0.3) is 5.78 Å². The number of carbonyl (C=O) groups is 1. The van der Waals surface area contributed by atoms with Crippen molar-refractivity contribution in [3.05, 3.63) is 18.1 Å². The predicted octanol–water partition coefficient (Wildman–Crippen LogP) is 0.999. The van der Waals surface area contributed by atoms with Crippen molar-refractivity contribution in [3.63, 3.8) is 0 Å². The van der Waals surface area contributed by atoms with Gasteiger partial charge in [0.25, 0.3) is 5.78 Å². The molecule has 0 spiro atoms. The molecule has 7 nitrogen and oxygen atoms in total. The number of aromatic nitrogens is 4. The molecule has 0 radical (unpaired) electrons. The first-order valence-electron chi connectivity index (χ1n) is 6.82. The van der Waals surface area contributed by atoms with Crippen LogP contribution in [0.4, 0.5) is 5.82 Å². The summed E-state index contributed by atoms with van der Waals surface area (Å²) in [5.74, 6) is 0.958. The molecule has 3 N–H and O–H groups in total. The Labute approximate surface area is 117 Å². The summed E-state index contributed by atoms with van der Waals surface area (Å²) in [5, 5.41) is 7.30. The third-order valence-electron chi connectivity index (χ3n) is 3.49. The standard InChI is InChI=1S/C13H20N6O/c1-4-8(3)11(12(14)20)18-10-6-9(5-2)17-13-15-7-16-19(10)13/h6-8,11,18H,4-5H2,1-3H3,(H2,14,20). The van der Waals surface area contributed by atoms with Crippen LogP contribution in [0, 0.1) is 5.92 Å². The highest BCUT2D eigenvalue weighted by Crippen LogP contribution is 2.17. The highest BCUT2D eigenvalue weighted by atomic mass is 16.1. The van der Waals surface area contributed by atoms with Crippen LogP contribution in [0.15, 0.2) is 12.4 Å². The molecule has 1 amide bonds. The van der Waals surface area contributed by atoms with Gasteiger partial charge in [0.2, 0.25) is 5.91 Å². The summed E-state index contributed by atoms with van der Waals surface area (Å²) < 4.78 is 1.58. The number of nitrogens with zero attached hydrogens (tertiary/aromatic N) is 4. The average Bonchev–Trinajstić information content (AvgIpc) is 2.91. The molecule has 2 unspecified atom stereocenters. The van der Waals surface area contributed by atoms with Crippen LogP contribution in [0.1, 0.15) is 32.9 Å². The van der Waals surface area contributed by atoms with E-state index in [9.17, 15) is 4.79 Å². The fraction of sp³-hybridized carbons (Fsp3) is 0.538. The highest BCUT2D eigenvalue weighted by Gasteiger charge is 2.22. The van der Waals surface area contributed by atoms with Gasteiger partial charge in [-0.1, -0.05) is 27.2 Å². The van der Waals surface area contributed by atoms with Gasteiger partial charge in [-0.2, -0.15) is 14.6 Å². The smallest absolute Gasteiger partial charge is 0.254 e. The zero-order valence-corrected chi connectivity index (χ0v) is 12.0. The van der Waals surface area contributed by atoms with E-state index in [-0.39, 0.29) is 11.8 Å². The molecule has 7 heteroatoms. The molecule has 2 rings (SSSR count). The molecule has 20 heavy (non-hydrogen) atoms. The lowest BCUT2D eigenvalue weighted by Crippen LogP contribution is -2.41. The lowest BCUT2D eigenvalue weighted by molar-refractivity contribution is -0.119. The molecule has 0 aliphatic carbocycles. The molecular weight excluding hydrogens is 256 g/mol. The first-order chi connectivity index (χ1) is 9.56. The van der Waals surface area contributed by atoms with E-state index in [2.05, 4.69) is 20.4 Å². The Morgan fingerprint density at radius 3 is 2.85 bits per heavy atom. The molecule has 2 heterocycles. The number of rotatable bonds is 6. The van der Waals surface area contributed by atoms with Crippen LogP contribution < -0.4 is 11.1 Å². The Hall–Kier alpha value is -2.18. The third-order valence-corrected chi connectivity index (χ3v) is 3.49. The van der Waals surface area contributed by atoms with Gasteiger partial charge in [-0.3, -0.25) is 4.79 Å². The van der Waals surface area contributed by atoms with Gasteiger partial charge in [0.05, 0.1) is 0 Å². The molecule has 108 valence electrons. The molecule has 0 fully saturated rings. The first-order valence-corrected chi connectivity index (χ1v) is 6.82. The lowest BCUT2D eigenvalue weighted by Gasteiger charge is -2.22. The van der Waals surface area contributed by atoms with E-state index >= 15 is 0 Å². The SMILES string of the molecule is CCc1cc(NC(C(N)=O)C(C)CC)n2ncnc2n1. The number of nitrogens with two attached hydrogens (primary N) is 1. The zero-order valence-electron chi connectivity index (χ0n) is 12.0. The van der Waals surface area contributed by atoms with Crippen LogP contribution in [-0.4, -0.2) is 31.5 Å². The van der Waals surface area contributed by atoms with Crippen molar-refractivity contribution in [2.24, 2.45) is 11.7 Å². The summed E-state index contributed by atoms with van der Waals surface area (Å²) in [4.78, 5) is 20.1. The molecule has 0 aromatic carbocycles. The van der Waals surface area contributed by atoms with Crippen molar-refractivity contribution in [2.75, 3.05) is 5.32 Å². The Bertz CT molecular complexity index is 608. The number of aryl methyl sites for hydroxylation is 1. The summed E-state index contributed by atoms with van der Waals surface area (Å²) in [6.45, 7) is 6.03. The number of nitrogens with one attached hydrogen (secondary N) is 1. The summed E-state index contributed by atoms with van der Waals surface area (Å²) in [6.07, 6.45) is 3.07. The zero-order chi connectivity index (χ0) is 14.7. The number of amides is 1. The van der Waals surface area contributed by atoms with Gasteiger partial charge < -0.3 is 11.1 Å². The van der Waals surface area contributed by atoms with Crippen molar-refractivity contribution in [3.8, 4) is 0 Å². The van der Waals surface area contributed by atoms with Gasteiger partial charge in [0, 0.05) is 11.8 Å².